The molecule has 7 saturated heterocycles. The van der Waals surface area contributed by atoms with E-state index in [1.165, 1.54) is 62.0 Å². The quantitative estimate of drug-likeness (QED) is 0.154. The number of allylic oxidation sites excluding steroid dienone is 20. The van der Waals surface area contributed by atoms with Crippen LogP contribution in [0.25, 0.3) is 0 Å². The van der Waals surface area contributed by atoms with Crippen LogP contribution in [0.2, 0.25) is 0 Å². The Bertz CT molecular complexity index is 3180. The van der Waals surface area contributed by atoms with Crippen LogP contribution in [0.3, 0.4) is 0 Å². The van der Waals surface area contributed by atoms with E-state index in [2.05, 4.69) is 191 Å². The average molecular weight is 1200 g/mol. The molecular formula is C71H104N6O10+6. The molecule has 1 atom stereocenters. The molecule has 11 aliphatic rings. The van der Waals surface area contributed by atoms with E-state index in [1.54, 1.807) is 0 Å². The monoisotopic (exact) mass is 1200 g/mol. The lowest BCUT2D eigenvalue weighted by atomic mass is 9.86. The Balaban J connectivity index is 0.000000194. The molecule has 0 aromatic rings. The number of quaternary nitrogens is 2. The summed E-state index contributed by atoms with van der Waals surface area (Å²) < 4.78 is 73.8. The van der Waals surface area contributed by atoms with Crippen LogP contribution in [-0.4, -0.2) is 225 Å². The molecule has 0 radical (unpaired) electrons. The third-order valence-corrected chi connectivity index (χ3v) is 18.6. The van der Waals surface area contributed by atoms with Crippen LogP contribution in [0.4, 0.5) is 0 Å². The van der Waals surface area contributed by atoms with Crippen molar-refractivity contribution in [1.82, 2.24) is 0 Å². The second-order valence-electron chi connectivity index (χ2n) is 28.7. The van der Waals surface area contributed by atoms with Gasteiger partial charge in [0.1, 0.15) is 75.6 Å². The first-order valence-corrected chi connectivity index (χ1v) is 31.8. The first-order valence-electron chi connectivity index (χ1n) is 31.8. The lowest BCUT2D eigenvalue weighted by molar-refractivity contribution is -1.17. The third-order valence-electron chi connectivity index (χ3n) is 18.6. The van der Waals surface area contributed by atoms with E-state index in [1.807, 2.05) is 27.7 Å². The highest BCUT2D eigenvalue weighted by molar-refractivity contribution is 6.06. The molecule has 16 nitrogen and oxygen atoms in total. The van der Waals surface area contributed by atoms with Gasteiger partial charge in [0.05, 0.1) is 40.8 Å². The molecule has 0 aromatic heterocycles. The molecule has 0 aromatic carbocycles. The molecule has 87 heavy (non-hydrogen) atoms. The van der Waals surface area contributed by atoms with Gasteiger partial charge in [-0.05, 0) is 167 Å². The number of hydrogen-bond acceptors (Lipinski definition) is 10. The molecular weight excluding hydrogens is 1100 g/mol. The fourth-order valence-corrected chi connectivity index (χ4v) is 14.9. The summed E-state index contributed by atoms with van der Waals surface area (Å²) in [5, 5.41) is 0. The highest BCUT2D eigenvalue weighted by Crippen LogP contribution is 2.56. The summed E-state index contributed by atoms with van der Waals surface area (Å²) in [5.41, 5.74) is 17.4. The zero-order chi connectivity index (χ0) is 63.0. The molecule has 16 heteroatoms. The zero-order valence-electron chi connectivity index (χ0n) is 56.8. The molecule has 0 saturated carbocycles. The van der Waals surface area contributed by atoms with Gasteiger partial charge < -0.3 is 28.4 Å². The third kappa shape index (κ3) is 12.6. The number of morpholine rings is 4. The maximum atomic E-state index is 7.41. The Kier molecular flexibility index (Phi) is 17.7. The van der Waals surface area contributed by atoms with Gasteiger partial charge in [-0.2, -0.15) is 4.48 Å². The van der Waals surface area contributed by atoms with Crippen molar-refractivity contribution in [3.63, 3.8) is 0 Å². The van der Waals surface area contributed by atoms with Gasteiger partial charge in [-0.25, -0.2) is 32.3 Å². The van der Waals surface area contributed by atoms with Crippen molar-refractivity contribution in [2.75, 3.05) is 140 Å². The SMILES string of the molecule is CC1=CC(=[N+]2CCOCC2)C=C(C)C1=C1OC2(OC(=C3C(C)=CC(=[N+]4CCOCC4)C=C3C)C(C)(C)O2)OC1(C)C.CC1=CC(=[N+]2CCOCC2)C=C(C)C1=CC(C)(C)OC1([N+](C)(C)C)OC(C)(C)C(=C2C(C)=CC(=[N+]3CCOCC3)C=C2C)[N+]1(C)C. The second-order valence-corrected chi connectivity index (χ2v) is 28.7. The molecule has 7 aliphatic heterocycles. The van der Waals surface area contributed by atoms with Gasteiger partial charge in [0.15, 0.2) is 63.7 Å². The molecule has 1 unspecified atom stereocenters. The highest BCUT2D eigenvalue weighted by Gasteiger charge is 2.75. The summed E-state index contributed by atoms with van der Waals surface area (Å²) >= 11 is 0. The van der Waals surface area contributed by atoms with E-state index in [-0.39, 0.29) is 0 Å². The molecule has 0 bridgehead atoms. The van der Waals surface area contributed by atoms with E-state index in [0.717, 1.165) is 139 Å². The van der Waals surface area contributed by atoms with Crippen LogP contribution in [0.5, 0.6) is 0 Å². The standard InChI is InChI=1S/C38H60N4O4.C33H44N2O6/c1-27-22-31(39-14-18-43-19-15-39)23-28(2)33(27)26-36(5,6)45-38(41(9,10)11)42(12,13)35(37(7,8)46-38)34-29(3)24-32(25-30(34)4)40-16-20-44-21-17-40;1-21-17-25(34-9-13-36-14-10-34)18-22(2)27(21)29-31(5,6)40-33(38-29)39-30(32(7,8)41-33)28-23(3)19-26(20-24(28)4)35-11-15-37-16-12-35/h22-26H,14-21H2,1-13H3;17-20H,9-16H2,1-8H3/q+4;+2. The van der Waals surface area contributed by atoms with E-state index >= 15 is 0 Å². The lowest BCUT2D eigenvalue weighted by Crippen LogP contribution is -2.73. The number of hydrogen-bond donors (Lipinski definition) is 0. The molecule has 7 heterocycles. The number of ether oxygens (including phenoxy) is 10. The van der Waals surface area contributed by atoms with Gasteiger partial charge >= 0.3 is 12.2 Å². The van der Waals surface area contributed by atoms with Crippen molar-refractivity contribution in [1.29, 1.82) is 0 Å². The summed E-state index contributed by atoms with van der Waals surface area (Å²) in [6.07, 6.45) is 18.8. The van der Waals surface area contributed by atoms with Gasteiger partial charge in [0, 0.05) is 65.3 Å². The van der Waals surface area contributed by atoms with Gasteiger partial charge in [-0.3, -0.25) is 9.47 Å². The van der Waals surface area contributed by atoms with Gasteiger partial charge in [-0.15, -0.1) is 0 Å². The summed E-state index contributed by atoms with van der Waals surface area (Å²) in [4.78, 5) is 0. The number of nitrogens with zero attached hydrogens (tertiary/aromatic N) is 6. The minimum absolute atomic E-state index is 0.438. The van der Waals surface area contributed by atoms with Crippen LogP contribution in [0.1, 0.15) is 111 Å². The van der Waals surface area contributed by atoms with Crippen molar-refractivity contribution in [3.8, 4) is 0 Å². The van der Waals surface area contributed by atoms with Gasteiger partial charge in [0.25, 0.3) is 0 Å². The Morgan fingerprint density at radius 2 is 0.724 bits per heavy atom. The predicted octanol–water partition coefficient (Wildman–Crippen LogP) is 9.48. The van der Waals surface area contributed by atoms with E-state index in [0.29, 0.717) is 20.5 Å². The Hall–Kier alpha value is -5.24. The second kappa shape index (κ2) is 23.9. The van der Waals surface area contributed by atoms with Crippen molar-refractivity contribution in [3.05, 3.63) is 139 Å². The maximum Gasteiger partial charge on any atom is 0.511 e. The Labute approximate surface area is 519 Å². The topological polar surface area (TPSA) is 104 Å². The van der Waals surface area contributed by atoms with Crippen LogP contribution in [0, 0.1) is 0 Å². The molecule has 4 aliphatic carbocycles. The molecule has 7 fully saturated rings. The average Bonchev–Trinajstić information content (AvgIpc) is 1.55. The lowest BCUT2D eigenvalue weighted by Gasteiger charge is -2.49. The van der Waals surface area contributed by atoms with Gasteiger partial charge in [-0.1, -0.05) is 0 Å². The van der Waals surface area contributed by atoms with E-state index in [9.17, 15) is 0 Å². The molecule has 472 valence electrons. The highest BCUT2D eigenvalue weighted by atomic mass is 17.1. The molecule has 11 rings (SSSR count). The molecule has 1 spiro atoms. The van der Waals surface area contributed by atoms with Crippen LogP contribution >= 0.6 is 0 Å². The van der Waals surface area contributed by atoms with Crippen molar-refractivity contribution in [2.45, 2.75) is 145 Å². The minimum atomic E-state index is -1.67. The summed E-state index contributed by atoms with van der Waals surface area (Å²) in [6, 6.07) is -1.03. The van der Waals surface area contributed by atoms with E-state index in [4.69, 9.17) is 47.4 Å². The first kappa shape index (κ1) is 64.7. The Morgan fingerprint density at radius 1 is 0.437 bits per heavy atom. The van der Waals surface area contributed by atoms with Crippen molar-refractivity contribution < 1.29 is 74.6 Å². The smallest absolute Gasteiger partial charge is 0.407 e. The van der Waals surface area contributed by atoms with Crippen LogP contribution in [0.15, 0.2) is 139 Å². The number of likely N-dealkylation sites (N-methyl/N-ethyl adjacent to an activating group) is 1. The van der Waals surface area contributed by atoms with E-state index < -0.39 is 34.6 Å². The first-order chi connectivity index (χ1) is 40.7. The fraction of sp³-hybridized carbons (Fsp3) is 0.606. The van der Waals surface area contributed by atoms with Crippen LogP contribution in [-0.2, 0) is 47.4 Å². The van der Waals surface area contributed by atoms with Crippen molar-refractivity contribution in [2.24, 2.45) is 0 Å². The summed E-state index contributed by atoms with van der Waals surface area (Å²) in [6.45, 7) is 47.6. The summed E-state index contributed by atoms with van der Waals surface area (Å²) in [7, 11) is 11.1. The summed E-state index contributed by atoms with van der Waals surface area (Å²) in [5.74, 6) is 1.43. The fourth-order valence-electron chi connectivity index (χ4n) is 14.9. The Morgan fingerprint density at radius 3 is 1.02 bits per heavy atom. The molecule has 0 amide bonds. The number of rotatable bonds is 4. The normalized spacial score (nSPS) is 27.5. The predicted molar refractivity (Wildman–Crippen MR) is 341 cm³/mol. The largest absolute Gasteiger partial charge is 0.511 e. The minimum Gasteiger partial charge on any atom is -0.407 e. The maximum absolute atomic E-state index is 7.41. The van der Waals surface area contributed by atoms with Crippen LogP contribution < -0.4 is 0 Å². The van der Waals surface area contributed by atoms with Crippen molar-refractivity contribution >= 4 is 22.8 Å². The molecule has 0 N–H and O–H groups in total. The van der Waals surface area contributed by atoms with Gasteiger partial charge in [0.2, 0.25) is 22.8 Å². The zero-order valence-corrected chi connectivity index (χ0v) is 56.8.